The smallest absolute Gasteiger partial charge is 0.336 e. The van der Waals surface area contributed by atoms with E-state index in [1.807, 2.05) is 0 Å². The highest BCUT2D eigenvalue weighted by Gasteiger charge is 2.72. The number of fused-ring (bicyclic) bond motifs is 1. The van der Waals surface area contributed by atoms with Crippen LogP contribution in [0.3, 0.4) is 0 Å². The summed E-state index contributed by atoms with van der Waals surface area (Å²) in [6, 6.07) is 5.45. The Morgan fingerprint density at radius 3 is 2.44 bits per heavy atom. The van der Waals surface area contributed by atoms with Gasteiger partial charge in [0, 0.05) is 5.41 Å². The number of benzene rings is 1. The summed E-state index contributed by atoms with van der Waals surface area (Å²) in [4.78, 5) is 24.5. The third-order valence-electron chi connectivity index (χ3n) is 7.00. The SMILES string of the molecule is CC1(C)C2CC[C@]13CS(=O)(=O)N(C(=O)c1ccccc1C(=O)O)[C@H]3C2. The average Bonchev–Trinajstić information content (AvgIpc) is 3.01. The van der Waals surface area contributed by atoms with Crippen LogP contribution in [0, 0.1) is 16.7 Å². The molecule has 1 N–H and O–H groups in total. The highest BCUT2D eigenvalue weighted by atomic mass is 32.2. The molecule has 1 amide bonds. The summed E-state index contributed by atoms with van der Waals surface area (Å²) in [5.41, 5.74) is -0.765. The Balaban J connectivity index is 1.82. The Morgan fingerprint density at radius 1 is 1.20 bits per heavy atom. The fourth-order valence-corrected chi connectivity index (χ4v) is 8.06. The zero-order chi connectivity index (χ0) is 18.2. The highest BCUT2D eigenvalue weighted by Crippen LogP contribution is 2.70. The maximum atomic E-state index is 13.1. The first-order chi connectivity index (χ1) is 11.6. The molecule has 0 aromatic heterocycles. The van der Waals surface area contributed by atoms with Crippen molar-refractivity contribution >= 4 is 21.9 Å². The van der Waals surface area contributed by atoms with Crippen molar-refractivity contribution < 1.29 is 23.1 Å². The van der Waals surface area contributed by atoms with E-state index in [4.69, 9.17) is 0 Å². The molecule has 7 heteroatoms. The Hall–Kier alpha value is -1.89. The van der Waals surface area contributed by atoms with Gasteiger partial charge in [0.1, 0.15) is 0 Å². The maximum absolute atomic E-state index is 13.1. The minimum absolute atomic E-state index is 0.0187. The molecule has 1 aromatic carbocycles. The standard InChI is InChI=1S/C18H21NO5S/c1-17(2)11-7-8-18(17)10-25(23,24)19(14(18)9-11)15(20)12-5-3-4-6-13(12)16(21)22/h3-6,11,14H,7-10H2,1-2H3,(H,21,22)/t11?,14-,18+/m0/s1. The van der Waals surface area contributed by atoms with Crippen LogP contribution in [-0.2, 0) is 10.0 Å². The minimum atomic E-state index is -3.76. The number of amides is 1. The number of carbonyl (C=O) groups excluding carboxylic acids is 1. The molecule has 1 heterocycles. The van der Waals surface area contributed by atoms with E-state index in [1.54, 1.807) is 6.07 Å². The van der Waals surface area contributed by atoms with E-state index < -0.39 is 27.3 Å². The molecule has 1 aromatic rings. The van der Waals surface area contributed by atoms with Gasteiger partial charge in [0.2, 0.25) is 10.0 Å². The van der Waals surface area contributed by atoms with E-state index in [-0.39, 0.29) is 28.3 Å². The molecule has 0 radical (unpaired) electrons. The fourth-order valence-electron chi connectivity index (χ4n) is 5.53. The van der Waals surface area contributed by atoms with Crippen molar-refractivity contribution in [2.75, 3.05) is 5.75 Å². The highest BCUT2D eigenvalue weighted by molar-refractivity contribution is 7.90. The maximum Gasteiger partial charge on any atom is 0.336 e. The van der Waals surface area contributed by atoms with Gasteiger partial charge in [0.05, 0.1) is 22.9 Å². The Morgan fingerprint density at radius 2 is 1.84 bits per heavy atom. The summed E-state index contributed by atoms with van der Waals surface area (Å²) >= 11 is 0. The Labute approximate surface area is 146 Å². The van der Waals surface area contributed by atoms with Crippen LogP contribution in [-0.4, -0.2) is 41.5 Å². The summed E-state index contributed by atoms with van der Waals surface area (Å²) in [6.45, 7) is 4.22. The quantitative estimate of drug-likeness (QED) is 0.871. The molecule has 1 aliphatic heterocycles. The molecule has 25 heavy (non-hydrogen) atoms. The van der Waals surface area contributed by atoms with Crippen LogP contribution >= 0.6 is 0 Å². The van der Waals surface area contributed by atoms with Crippen LogP contribution in [0.1, 0.15) is 53.8 Å². The molecule has 2 bridgehead atoms. The van der Waals surface area contributed by atoms with Gasteiger partial charge in [0.25, 0.3) is 5.91 Å². The average molecular weight is 363 g/mol. The molecule has 6 nitrogen and oxygen atoms in total. The van der Waals surface area contributed by atoms with Crippen LogP contribution in [0.15, 0.2) is 24.3 Å². The lowest BCUT2D eigenvalue weighted by Gasteiger charge is -2.37. The number of carboxylic acid groups (broad SMARTS) is 1. The van der Waals surface area contributed by atoms with Crippen molar-refractivity contribution in [1.82, 2.24) is 4.31 Å². The number of carboxylic acids is 1. The van der Waals surface area contributed by atoms with Gasteiger partial charge in [-0.25, -0.2) is 17.5 Å². The van der Waals surface area contributed by atoms with Crippen LogP contribution in [0.5, 0.6) is 0 Å². The summed E-state index contributed by atoms with van der Waals surface area (Å²) in [5, 5.41) is 9.34. The lowest BCUT2D eigenvalue weighted by molar-refractivity contribution is 0.0658. The van der Waals surface area contributed by atoms with Crippen molar-refractivity contribution in [2.24, 2.45) is 16.7 Å². The largest absolute Gasteiger partial charge is 0.478 e. The number of rotatable bonds is 2. The van der Waals surface area contributed by atoms with Gasteiger partial charge in [-0.2, -0.15) is 0 Å². The number of hydrogen-bond acceptors (Lipinski definition) is 4. The third-order valence-corrected chi connectivity index (χ3v) is 8.90. The zero-order valence-corrected chi connectivity index (χ0v) is 15.0. The predicted molar refractivity (Wildman–Crippen MR) is 90.7 cm³/mol. The molecule has 3 aliphatic rings. The zero-order valence-electron chi connectivity index (χ0n) is 14.2. The monoisotopic (exact) mass is 363 g/mol. The van der Waals surface area contributed by atoms with Crippen molar-refractivity contribution in [2.45, 2.75) is 39.2 Å². The van der Waals surface area contributed by atoms with Crippen molar-refractivity contribution in [3.8, 4) is 0 Å². The first-order valence-corrected chi connectivity index (χ1v) is 10.1. The molecule has 1 saturated heterocycles. The number of hydrogen-bond donors (Lipinski definition) is 1. The van der Waals surface area contributed by atoms with Gasteiger partial charge in [0.15, 0.2) is 0 Å². The van der Waals surface area contributed by atoms with Crippen LogP contribution < -0.4 is 0 Å². The molecule has 3 fully saturated rings. The van der Waals surface area contributed by atoms with E-state index in [1.165, 1.54) is 18.2 Å². The van der Waals surface area contributed by atoms with E-state index in [0.717, 1.165) is 17.1 Å². The van der Waals surface area contributed by atoms with E-state index >= 15 is 0 Å². The predicted octanol–water partition coefficient (Wildman–Crippen LogP) is 2.37. The molecule has 1 unspecified atom stereocenters. The minimum Gasteiger partial charge on any atom is -0.478 e. The summed E-state index contributed by atoms with van der Waals surface area (Å²) in [5.74, 6) is -1.56. The van der Waals surface area contributed by atoms with Gasteiger partial charge in [-0.15, -0.1) is 0 Å². The van der Waals surface area contributed by atoms with Gasteiger partial charge in [-0.1, -0.05) is 26.0 Å². The molecular formula is C18H21NO5S. The van der Waals surface area contributed by atoms with Crippen LogP contribution in [0.2, 0.25) is 0 Å². The lowest BCUT2D eigenvalue weighted by atomic mass is 9.69. The second kappa shape index (κ2) is 4.84. The van der Waals surface area contributed by atoms with Crippen LogP contribution in [0.25, 0.3) is 0 Å². The van der Waals surface area contributed by atoms with E-state index in [0.29, 0.717) is 12.3 Å². The molecule has 2 aliphatic carbocycles. The first kappa shape index (κ1) is 16.6. The topological polar surface area (TPSA) is 91.8 Å². The van der Waals surface area contributed by atoms with E-state index in [9.17, 15) is 23.1 Å². The number of carbonyl (C=O) groups is 2. The number of aromatic carboxylic acids is 1. The number of nitrogens with zero attached hydrogens (tertiary/aromatic N) is 1. The summed E-state index contributed by atoms with van der Waals surface area (Å²) < 4.78 is 26.8. The third kappa shape index (κ3) is 1.93. The molecule has 1 spiro atoms. The van der Waals surface area contributed by atoms with Crippen molar-refractivity contribution in [1.29, 1.82) is 0 Å². The molecule has 4 rings (SSSR count). The van der Waals surface area contributed by atoms with E-state index in [2.05, 4.69) is 13.8 Å². The second-order valence-electron chi connectivity index (χ2n) is 8.07. The van der Waals surface area contributed by atoms with Gasteiger partial charge >= 0.3 is 5.97 Å². The Kier molecular flexibility index (Phi) is 3.21. The summed E-state index contributed by atoms with van der Waals surface area (Å²) in [6.07, 6.45) is 2.47. The van der Waals surface area contributed by atoms with Gasteiger partial charge in [-0.05, 0) is 42.7 Å². The molecular weight excluding hydrogens is 342 g/mol. The van der Waals surface area contributed by atoms with Crippen molar-refractivity contribution in [3.63, 3.8) is 0 Å². The second-order valence-corrected chi connectivity index (χ2v) is 9.92. The first-order valence-electron chi connectivity index (χ1n) is 8.50. The van der Waals surface area contributed by atoms with Crippen LogP contribution in [0.4, 0.5) is 0 Å². The lowest BCUT2D eigenvalue weighted by Crippen LogP contribution is -2.44. The normalized spacial score (nSPS) is 34.1. The molecule has 2 saturated carbocycles. The molecule has 3 atom stereocenters. The summed E-state index contributed by atoms with van der Waals surface area (Å²) in [7, 11) is -3.76. The Bertz CT molecular complexity index is 890. The molecule has 134 valence electrons. The number of sulfonamides is 1. The fraction of sp³-hybridized carbons (Fsp3) is 0.556. The van der Waals surface area contributed by atoms with Crippen molar-refractivity contribution in [3.05, 3.63) is 35.4 Å². The van der Waals surface area contributed by atoms with Gasteiger partial charge in [-0.3, -0.25) is 4.79 Å². The van der Waals surface area contributed by atoms with Gasteiger partial charge < -0.3 is 5.11 Å².